The minimum Gasteiger partial charge on any atom is -0.353 e. The van der Waals surface area contributed by atoms with Gasteiger partial charge in [0.25, 0.3) is 11.5 Å². The summed E-state index contributed by atoms with van der Waals surface area (Å²) in [7, 11) is 0. The Balaban J connectivity index is 1.52. The first-order valence-corrected chi connectivity index (χ1v) is 10.3. The van der Waals surface area contributed by atoms with E-state index in [1.165, 1.54) is 4.68 Å². The van der Waals surface area contributed by atoms with Crippen LogP contribution in [0.15, 0.2) is 65.5 Å². The average Bonchev–Trinajstić information content (AvgIpc) is 3.01. The van der Waals surface area contributed by atoms with Crippen molar-refractivity contribution >= 4 is 11.7 Å². The molecule has 0 spiro atoms. The lowest BCUT2D eigenvalue weighted by Gasteiger charge is -2.23. The van der Waals surface area contributed by atoms with Crippen LogP contribution < -0.4 is 10.5 Å². The Kier molecular flexibility index (Phi) is 5.65. The number of carbonyl (C=O) groups is 1. The monoisotopic (exact) mass is 402 g/mol. The van der Waals surface area contributed by atoms with Crippen molar-refractivity contribution in [3.8, 4) is 5.69 Å². The van der Waals surface area contributed by atoms with Gasteiger partial charge < -0.3 is 9.80 Å². The lowest BCUT2D eigenvalue weighted by atomic mass is 10.1. The molecule has 1 aliphatic heterocycles. The van der Waals surface area contributed by atoms with Gasteiger partial charge in [0, 0.05) is 37.8 Å². The molecule has 0 unspecified atom stereocenters. The van der Waals surface area contributed by atoms with Crippen LogP contribution in [-0.2, 0) is 0 Å². The van der Waals surface area contributed by atoms with Gasteiger partial charge in [-0.05, 0) is 50.6 Å². The molecular weight excluding hydrogens is 376 g/mol. The maximum absolute atomic E-state index is 12.9. The summed E-state index contributed by atoms with van der Waals surface area (Å²) >= 11 is 0. The molecule has 4 rings (SSSR count). The molecule has 2 heterocycles. The first-order valence-electron chi connectivity index (χ1n) is 10.3. The average molecular weight is 402 g/mol. The second-order valence-corrected chi connectivity index (χ2v) is 7.78. The van der Waals surface area contributed by atoms with Crippen molar-refractivity contribution in [2.45, 2.75) is 20.3 Å². The Morgan fingerprint density at radius 2 is 1.67 bits per heavy atom. The Bertz CT molecular complexity index is 1100. The number of amides is 1. The lowest BCUT2D eigenvalue weighted by Crippen LogP contribution is -2.36. The molecule has 0 saturated carbocycles. The van der Waals surface area contributed by atoms with Crippen molar-refractivity contribution in [2.24, 2.45) is 0 Å². The van der Waals surface area contributed by atoms with Gasteiger partial charge in [0.15, 0.2) is 0 Å². The molecule has 1 fully saturated rings. The highest BCUT2D eigenvalue weighted by atomic mass is 16.2. The van der Waals surface area contributed by atoms with Gasteiger partial charge in [0.2, 0.25) is 0 Å². The fraction of sp³-hybridized carbons (Fsp3) is 0.292. The van der Waals surface area contributed by atoms with Gasteiger partial charge >= 0.3 is 0 Å². The zero-order valence-electron chi connectivity index (χ0n) is 17.4. The van der Waals surface area contributed by atoms with E-state index in [2.05, 4.69) is 10.00 Å². The zero-order chi connectivity index (χ0) is 21.1. The van der Waals surface area contributed by atoms with Crippen molar-refractivity contribution < 1.29 is 4.79 Å². The third-order valence-corrected chi connectivity index (χ3v) is 5.44. The van der Waals surface area contributed by atoms with Crippen LogP contribution in [0.4, 0.5) is 5.82 Å². The van der Waals surface area contributed by atoms with Gasteiger partial charge in [0.05, 0.1) is 5.69 Å². The van der Waals surface area contributed by atoms with E-state index in [1.54, 1.807) is 12.1 Å². The third kappa shape index (κ3) is 4.27. The minimum atomic E-state index is -0.159. The van der Waals surface area contributed by atoms with Crippen LogP contribution in [0.5, 0.6) is 0 Å². The second kappa shape index (κ2) is 8.53. The van der Waals surface area contributed by atoms with E-state index in [0.717, 1.165) is 41.2 Å². The molecule has 3 aromatic rings. The number of carbonyl (C=O) groups excluding carboxylic acids is 1. The normalized spacial score (nSPS) is 14.5. The molecule has 1 saturated heterocycles. The second-order valence-electron chi connectivity index (χ2n) is 7.78. The lowest BCUT2D eigenvalue weighted by molar-refractivity contribution is 0.0767. The molecule has 0 aliphatic carbocycles. The zero-order valence-corrected chi connectivity index (χ0v) is 17.4. The quantitative estimate of drug-likeness (QED) is 0.675. The number of hydrogen-bond acceptors (Lipinski definition) is 4. The number of benzene rings is 2. The van der Waals surface area contributed by atoms with Crippen molar-refractivity contribution in [2.75, 3.05) is 31.1 Å². The fourth-order valence-corrected chi connectivity index (χ4v) is 3.75. The standard InChI is InChI=1S/C24H26N4O2/c1-18-7-9-21(10-8-18)28-23(29)12-11-22(25-28)26-13-4-14-27(16-15-26)24(30)20-6-3-5-19(2)17-20/h3,5-12,17H,4,13-16H2,1-2H3. The fourth-order valence-electron chi connectivity index (χ4n) is 3.75. The number of nitrogens with zero attached hydrogens (tertiary/aromatic N) is 4. The Hall–Kier alpha value is -3.41. The first-order chi connectivity index (χ1) is 14.5. The third-order valence-electron chi connectivity index (χ3n) is 5.44. The number of aromatic nitrogens is 2. The molecule has 6 nitrogen and oxygen atoms in total. The maximum Gasteiger partial charge on any atom is 0.271 e. The summed E-state index contributed by atoms with van der Waals surface area (Å²) in [4.78, 5) is 29.3. The molecule has 2 aromatic carbocycles. The highest BCUT2D eigenvalue weighted by molar-refractivity contribution is 5.94. The van der Waals surface area contributed by atoms with Crippen LogP contribution in [-0.4, -0.2) is 46.8 Å². The predicted octanol–water partition coefficient (Wildman–Crippen LogP) is 3.20. The van der Waals surface area contributed by atoms with E-state index in [1.807, 2.05) is 67.3 Å². The van der Waals surface area contributed by atoms with Crippen LogP contribution in [0.3, 0.4) is 0 Å². The smallest absolute Gasteiger partial charge is 0.271 e. The largest absolute Gasteiger partial charge is 0.353 e. The van der Waals surface area contributed by atoms with Gasteiger partial charge in [-0.3, -0.25) is 9.59 Å². The van der Waals surface area contributed by atoms with E-state index in [4.69, 9.17) is 0 Å². The number of hydrogen-bond donors (Lipinski definition) is 0. The van der Waals surface area contributed by atoms with Crippen LogP contribution in [0.1, 0.15) is 27.9 Å². The highest BCUT2D eigenvalue weighted by Crippen LogP contribution is 2.16. The summed E-state index contributed by atoms with van der Waals surface area (Å²) in [6.07, 6.45) is 0.850. The minimum absolute atomic E-state index is 0.0677. The van der Waals surface area contributed by atoms with E-state index < -0.39 is 0 Å². The molecule has 0 atom stereocenters. The summed E-state index contributed by atoms with van der Waals surface area (Å²) in [5, 5.41) is 4.60. The van der Waals surface area contributed by atoms with E-state index in [-0.39, 0.29) is 11.5 Å². The summed E-state index contributed by atoms with van der Waals surface area (Å²) < 4.78 is 1.44. The van der Waals surface area contributed by atoms with Crippen molar-refractivity contribution in [3.63, 3.8) is 0 Å². The predicted molar refractivity (Wildman–Crippen MR) is 118 cm³/mol. The molecule has 0 radical (unpaired) electrons. The summed E-state index contributed by atoms with van der Waals surface area (Å²) in [5.41, 5.74) is 3.54. The van der Waals surface area contributed by atoms with Gasteiger partial charge in [-0.25, -0.2) is 0 Å². The van der Waals surface area contributed by atoms with Crippen molar-refractivity contribution in [1.82, 2.24) is 14.7 Å². The summed E-state index contributed by atoms with van der Waals surface area (Å²) in [6.45, 7) is 6.80. The number of rotatable bonds is 3. The van der Waals surface area contributed by atoms with Crippen molar-refractivity contribution in [1.29, 1.82) is 0 Å². The molecule has 154 valence electrons. The van der Waals surface area contributed by atoms with Gasteiger partial charge in [0.1, 0.15) is 5.82 Å². The molecule has 0 N–H and O–H groups in total. The maximum atomic E-state index is 12.9. The Morgan fingerprint density at radius 3 is 2.43 bits per heavy atom. The van der Waals surface area contributed by atoms with Crippen LogP contribution >= 0.6 is 0 Å². The topological polar surface area (TPSA) is 58.4 Å². The van der Waals surface area contributed by atoms with Gasteiger partial charge in [-0.1, -0.05) is 35.4 Å². The molecule has 30 heavy (non-hydrogen) atoms. The van der Waals surface area contributed by atoms with E-state index in [9.17, 15) is 9.59 Å². The molecule has 1 aliphatic rings. The Morgan fingerprint density at radius 1 is 0.867 bits per heavy atom. The number of anilines is 1. The highest BCUT2D eigenvalue weighted by Gasteiger charge is 2.21. The number of aryl methyl sites for hydroxylation is 2. The van der Waals surface area contributed by atoms with Crippen LogP contribution in [0, 0.1) is 13.8 Å². The van der Waals surface area contributed by atoms with E-state index >= 15 is 0 Å². The Labute approximate surface area is 176 Å². The van der Waals surface area contributed by atoms with E-state index in [0.29, 0.717) is 19.6 Å². The van der Waals surface area contributed by atoms with Gasteiger partial charge in [-0.15, -0.1) is 5.10 Å². The summed E-state index contributed by atoms with van der Waals surface area (Å²) in [6, 6.07) is 18.8. The van der Waals surface area contributed by atoms with Crippen LogP contribution in [0.2, 0.25) is 0 Å². The molecule has 0 bridgehead atoms. The summed E-state index contributed by atoms with van der Waals surface area (Å²) in [5.74, 6) is 0.818. The van der Waals surface area contributed by atoms with Crippen molar-refractivity contribution in [3.05, 3.63) is 87.7 Å². The van der Waals surface area contributed by atoms with Gasteiger partial charge in [-0.2, -0.15) is 4.68 Å². The molecule has 1 amide bonds. The first kappa shape index (κ1) is 19.9. The molecule has 6 heteroatoms. The van der Waals surface area contributed by atoms with Crippen LogP contribution in [0.25, 0.3) is 5.69 Å². The molecular formula is C24H26N4O2. The molecule has 1 aromatic heterocycles. The SMILES string of the molecule is Cc1ccc(-n2nc(N3CCCN(C(=O)c4cccc(C)c4)CC3)ccc2=O)cc1.